The second-order valence-corrected chi connectivity index (χ2v) is 9.17. The van der Waals surface area contributed by atoms with Crippen LogP contribution in [0.5, 0.6) is 5.75 Å². The normalized spacial score (nSPS) is 15.8. The maximum absolute atomic E-state index is 13.1. The van der Waals surface area contributed by atoms with E-state index in [0.717, 1.165) is 5.69 Å². The number of nitrogens with zero attached hydrogens (tertiary/aromatic N) is 2. The molecule has 2 aromatic carbocycles. The van der Waals surface area contributed by atoms with Crippen LogP contribution in [0.25, 0.3) is 0 Å². The average molecular weight is 450 g/mol. The van der Waals surface area contributed by atoms with E-state index in [1.807, 2.05) is 6.07 Å². The third-order valence-corrected chi connectivity index (χ3v) is 7.22. The zero-order valence-electron chi connectivity index (χ0n) is 14.7. The third-order valence-electron chi connectivity index (χ3n) is 4.33. The molecule has 1 aliphatic rings. The van der Waals surface area contributed by atoms with E-state index in [1.54, 1.807) is 31.2 Å². The van der Waals surface area contributed by atoms with E-state index >= 15 is 0 Å². The molecule has 0 aliphatic carbocycles. The zero-order valence-corrected chi connectivity index (χ0v) is 17.7. The van der Waals surface area contributed by atoms with Crippen LogP contribution in [0.4, 0.5) is 5.69 Å². The predicted octanol–water partition coefficient (Wildman–Crippen LogP) is 4.56. The second-order valence-electron chi connectivity index (χ2n) is 6.01. The van der Waals surface area contributed by atoms with Crippen LogP contribution in [0, 0.1) is 0 Å². The van der Waals surface area contributed by atoms with Crippen LogP contribution >= 0.6 is 34.8 Å². The Bertz CT molecular complexity index is 929. The molecule has 0 unspecified atom stereocenters. The molecule has 0 saturated carbocycles. The molecule has 9 heteroatoms. The fraction of sp³-hybridized carbons (Fsp3) is 0.333. The summed E-state index contributed by atoms with van der Waals surface area (Å²) in [5, 5.41) is 1.32. The van der Waals surface area contributed by atoms with Crippen LogP contribution in [0.3, 0.4) is 0 Å². The first-order chi connectivity index (χ1) is 12.8. The fourth-order valence-corrected chi connectivity index (χ4v) is 5.07. The molecule has 0 amide bonds. The monoisotopic (exact) mass is 448 g/mol. The minimum absolute atomic E-state index is 0.0971. The van der Waals surface area contributed by atoms with E-state index in [2.05, 4.69) is 4.90 Å². The van der Waals surface area contributed by atoms with Gasteiger partial charge in [-0.3, -0.25) is 0 Å². The number of hydrogen-bond donors (Lipinski definition) is 0. The molecule has 27 heavy (non-hydrogen) atoms. The van der Waals surface area contributed by atoms with Crippen LogP contribution in [0.15, 0.2) is 41.3 Å². The minimum Gasteiger partial charge on any atom is -0.492 e. The summed E-state index contributed by atoms with van der Waals surface area (Å²) in [5.41, 5.74) is 0.916. The van der Waals surface area contributed by atoms with E-state index in [1.165, 1.54) is 10.4 Å². The molecule has 1 saturated heterocycles. The Morgan fingerprint density at radius 1 is 0.963 bits per heavy atom. The van der Waals surface area contributed by atoms with Gasteiger partial charge in [-0.05, 0) is 43.3 Å². The summed E-state index contributed by atoms with van der Waals surface area (Å²) in [4.78, 5) is 2.18. The van der Waals surface area contributed by atoms with Gasteiger partial charge in [0, 0.05) is 36.9 Å². The summed E-state index contributed by atoms with van der Waals surface area (Å²) in [6.45, 7) is 3.96. The number of benzene rings is 2. The number of hydrogen-bond acceptors (Lipinski definition) is 4. The van der Waals surface area contributed by atoms with Gasteiger partial charge >= 0.3 is 0 Å². The maximum atomic E-state index is 13.1. The Morgan fingerprint density at radius 2 is 1.67 bits per heavy atom. The summed E-state index contributed by atoms with van der Waals surface area (Å²) >= 11 is 18.1. The molecular weight excluding hydrogens is 431 g/mol. The molecule has 146 valence electrons. The average Bonchev–Trinajstić information content (AvgIpc) is 2.65. The van der Waals surface area contributed by atoms with Gasteiger partial charge in [0.2, 0.25) is 10.0 Å². The molecular formula is C18H19Cl3N2O3S. The first-order valence-corrected chi connectivity index (χ1v) is 11.0. The Hall–Kier alpha value is -1.18. The standard InChI is InChI=1S/C18H19Cl3N2O3S/c1-2-26-17-6-3-13(19)11-18(17)27(24,25)23-9-7-22(8-10-23)14-4-5-15(20)16(21)12-14/h3-6,11-12H,2,7-10H2,1H3. The molecule has 0 bridgehead atoms. The third kappa shape index (κ3) is 4.46. The van der Waals surface area contributed by atoms with Gasteiger partial charge in [0.1, 0.15) is 10.6 Å². The van der Waals surface area contributed by atoms with E-state index in [4.69, 9.17) is 39.5 Å². The summed E-state index contributed by atoms with van der Waals surface area (Å²) in [7, 11) is -3.71. The van der Waals surface area contributed by atoms with Crippen molar-refractivity contribution in [3.8, 4) is 5.75 Å². The molecule has 0 N–H and O–H groups in total. The summed E-state index contributed by atoms with van der Waals surface area (Å²) < 4.78 is 33.2. The number of anilines is 1. The van der Waals surface area contributed by atoms with Crippen LogP contribution in [-0.4, -0.2) is 45.5 Å². The van der Waals surface area contributed by atoms with E-state index in [-0.39, 0.29) is 4.90 Å². The lowest BCUT2D eigenvalue weighted by Crippen LogP contribution is -2.48. The van der Waals surface area contributed by atoms with Gasteiger partial charge in [-0.1, -0.05) is 34.8 Å². The minimum atomic E-state index is -3.71. The summed E-state index contributed by atoms with van der Waals surface area (Å²) in [5.74, 6) is 0.314. The van der Waals surface area contributed by atoms with E-state index < -0.39 is 10.0 Å². The largest absolute Gasteiger partial charge is 0.492 e. The van der Waals surface area contributed by atoms with Gasteiger partial charge in [0.25, 0.3) is 0 Å². The highest BCUT2D eigenvalue weighted by Gasteiger charge is 2.31. The van der Waals surface area contributed by atoms with Crippen molar-refractivity contribution in [2.24, 2.45) is 0 Å². The molecule has 5 nitrogen and oxygen atoms in total. The molecule has 0 spiro atoms. The molecule has 3 rings (SSSR count). The number of halogens is 3. The molecule has 1 aliphatic heterocycles. The van der Waals surface area contributed by atoms with E-state index in [9.17, 15) is 8.42 Å². The van der Waals surface area contributed by atoms with Crippen LogP contribution in [0.1, 0.15) is 6.92 Å². The quantitative estimate of drug-likeness (QED) is 0.671. The highest BCUT2D eigenvalue weighted by molar-refractivity contribution is 7.89. The van der Waals surface area contributed by atoms with Crippen molar-refractivity contribution in [3.05, 3.63) is 51.5 Å². The van der Waals surface area contributed by atoms with Crippen molar-refractivity contribution in [1.29, 1.82) is 0 Å². The van der Waals surface area contributed by atoms with Crippen molar-refractivity contribution in [2.75, 3.05) is 37.7 Å². The van der Waals surface area contributed by atoms with Gasteiger partial charge in [-0.25, -0.2) is 8.42 Å². The predicted molar refractivity (Wildman–Crippen MR) is 110 cm³/mol. The SMILES string of the molecule is CCOc1ccc(Cl)cc1S(=O)(=O)N1CCN(c2ccc(Cl)c(Cl)c2)CC1. The van der Waals surface area contributed by atoms with Crippen molar-refractivity contribution in [1.82, 2.24) is 4.31 Å². The van der Waals surface area contributed by atoms with Gasteiger partial charge in [0.05, 0.1) is 16.7 Å². The number of ether oxygens (including phenoxy) is 1. The highest BCUT2D eigenvalue weighted by atomic mass is 35.5. The van der Waals surface area contributed by atoms with Crippen molar-refractivity contribution in [3.63, 3.8) is 0 Å². The Kier molecular flexibility index (Phi) is 6.43. The molecule has 0 atom stereocenters. The van der Waals surface area contributed by atoms with Crippen molar-refractivity contribution in [2.45, 2.75) is 11.8 Å². The van der Waals surface area contributed by atoms with Gasteiger partial charge < -0.3 is 9.64 Å². The number of sulfonamides is 1. The lowest BCUT2D eigenvalue weighted by atomic mass is 10.2. The molecule has 0 radical (unpaired) electrons. The first kappa shape index (κ1) is 20.6. The second kappa shape index (κ2) is 8.45. The Balaban J connectivity index is 1.79. The maximum Gasteiger partial charge on any atom is 0.246 e. The van der Waals surface area contributed by atoms with Crippen molar-refractivity contribution < 1.29 is 13.2 Å². The highest BCUT2D eigenvalue weighted by Crippen LogP contribution is 2.32. The zero-order chi connectivity index (χ0) is 19.6. The van der Waals surface area contributed by atoms with Gasteiger partial charge in [-0.2, -0.15) is 4.31 Å². The lowest BCUT2D eigenvalue weighted by Gasteiger charge is -2.35. The van der Waals surface area contributed by atoms with E-state index in [0.29, 0.717) is 53.6 Å². The summed E-state index contributed by atoms with van der Waals surface area (Å²) in [6.07, 6.45) is 0. The van der Waals surface area contributed by atoms with Crippen molar-refractivity contribution >= 4 is 50.5 Å². The molecule has 1 fully saturated rings. The Morgan fingerprint density at radius 3 is 2.30 bits per heavy atom. The number of rotatable bonds is 5. The van der Waals surface area contributed by atoms with Crippen LogP contribution < -0.4 is 9.64 Å². The smallest absolute Gasteiger partial charge is 0.246 e. The topological polar surface area (TPSA) is 49.9 Å². The Labute approximate surface area is 174 Å². The van der Waals surface area contributed by atoms with Crippen LogP contribution in [-0.2, 0) is 10.0 Å². The molecule has 2 aromatic rings. The lowest BCUT2D eigenvalue weighted by molar-refractivity contribution is 0.327. The van der Waals surface area contributed by atoms with Gasteiger partial charge in [0.15, 0.2) is 0 Å². The molecule has 1 heterocycles. The van der Waals surface area contributed by atoms with Crippen LogP contribution in [0.2, 0.25) is 15.1 Å². The molecule has 0 aromatic heterocycles. The summed E-state index contributed by atoms with van der Waals surface area (Å²) in [6, 6.07) is 10.1. The fourth-order valence-electron chi connectivity index (χ4n) is 2.97. The van der Waals surface area contributed by atoms with Gasteiger partial charge in [-0.15, -0.1) is 0 Å². The number of piperazine rings is 1. The first-order valence-electron chi connectivity index (χ1n) is 8.45.